The Morgan fingerprint density at radius 2 is 1.47 bits per heavy atom. The van der Waals surface area contributed by atoms with Crippen LogP contribution in [0.15, 0.2) is 66.7 Å². The van der Waals surface area contributed by atoms with Gasteiger partial charge in [0.1, 0.15) is 5.75 Å². The summed E-state index contributed by atoms with van der Waals surface area (Å²) < 4.78 is 6.26. The molecule has 1 N–H and O–H groups in total. The summed E-state index contributed by atoms with van der Waals surface area (Å²) >= 11 is 6.57. The number of benzene rings is 3. The van der Waals surface area contributed by atoms with Crippen molar-refractivity contribution in [3.8, 4) is 5.75 Å². The molecule has 0 aliphatic carbocycles. The van der Waals surface area contributed by atoms with E-state index >= 15 is 0 Å². The van der Waals surface area contributed by atoms with Gasteiger partial charge in [-0.1, -0.05) is 68.6 Å². The number of hydrogen-bond donors (Lipinski definition) is 1. The zero-order valence-electron chi connectivity index (χ0n) is 22.6. The molecule has 1 atom stereocenters. The van der Waals surface area contributed by atoms with Gasteiger partial charge in [0.25, 0.3) is 0 Å². The molecule has 0 radical (unpaired) electrons. The highest BCUT2D eigenvalue weighted by atomic mass is 35.5. The molecule has 5 heteroatoms. The summed E-state index contributed by atoms with van der Waals surface area (Å²) in [6.07, 6.45) is 4.74. The van der Waals surface area contributed by atoms with Gasteiger partial charge < -0.3 is 19.9 Å². The van der Waals surface area contributed by atoms with Gasteiger partial charge in [0.15, 0.2) is 0 Å². The molecule has 4 nitrogen and oxygen atoms in total. The van der Waals surface area contributed by atoms with E-state index in [-0.39, 0.29) is 6.04 Å². The number of nitrogens with one attached hydrogen (secondary N) is 1. The predicted octanol–water partition coefficient (Wildman–Crippen LogP) is 8.41. The molecule has 1 unspecified atom stereocenters. The maximum absolute atomic E-state index is 6.57. The third-order valence-corrected chi connectivity index (χ3v) is 6.78. The van der Waals surface area contributed by atoms with Gasteiger partial charge in [-0.15, -0.1) is 0 Å². The van der Waals surface area contributed by atoms with E-state index < -0.39 is 0 Å². The maximum Gasteiger partial charge on any atom is 0.126 e. The molecular formula is C31H42ClN3O. The summed E-state index contributed by atoms with van der Waals surface area (Å²) in [5, 5.41) is 4.41. The molecule has 0 aliphatic heterocycles. The summed E-state index contributed by atoms with van der Waals surface area (Å²) in [7, 11) is 4.12. The number of para-hydroxylation sites is 1. The topological polar surface area (TPSA) is 27.7 Å². The summed E-state index contributed by atoms with van der Waals surface area (Å²) in [6, 6.07) is 23.2. The van der Waals surface area contributed by atoms with Crippen LogP contribution in [0.5, 0.6) is 5.75 Å². The van der Waals surface area contributed by atoms with Crippen molar-refractivity contribution in [3.63, 3.8) is 0 Å². The third-order valence-electron chi connectivity index (χ3n) is 6.45. The number of anilines is 3. The lowest BCUT2D eigenvalue weighted by Gasteiger charge is -2.28. The molecule has 0 fully saturated rings. The molecule has 3 aromatic carbocycles. The molecule has 0 amide bonds. The predicted molar refractivity (Wildman–Crippen MR) is 157 cm³/mol. The Morgan fingerprint density at radius 3 is 2.06 bits per heavy atom. The monoisotopic (exact) mass is 507 g/mol. The summed E-state index contributed by atoms with van der Waals surface area (Å²) in [5.41, 5.74) is 5.55. The van der Waals surface area contributed by atoms with Gasteiger partial charge in [0, 0.05) is 50.2 Å². The van der Waals surface area contributed by atoms with Gasteiger partial charge in [0.2, 0.25) is 0 Å². The average Bonchev–Trinajstić information content (AvgIpc) is 2.89. The number of rotatable bonds is 14. The van der Waals surface area contributed by atoms with Crippen LogP contribution in [0.4, 0.5) is 17.1 Å². The minimum absolute atomic E-state index is 0.114. The van der Waals surface area contributed by atoms with Gasteiger partial charge in [-0.3, -0.25) is 0 Å². The Morgan fingerprint density at radius 1 is 0.833 bits per heavy atom. The fourth-order valence-corrected chi connectivity index (χ4v) is 4.54. The molecule has 3 rings (SSSR count). The highest BCUT2D eigenvalue weighted by molar-refractivity contribution is 6.33. The molecule has 194 valence electrons. The first-order valence-electron chi connectivity index (χ1n) is 13.3. The van der Waals surface area contributed by atoms with Crippen LogP contribution in [0.2, 0.25) is 5.02 Å². The van der Waals surface area contributed by atoms with Crippen LogP contribution >= 0.6 is 11.6 Å². The molecule has 0 spiro atoms. The molecule has 0 aromatic heterocycles. The van der Waals surface area contributed by atoms with E-state index in [9.17, 15) is 0 Å². The second-order valence-corrected chi connectivity index (χ2v) is 9.80. The Kier molecular flexibility index (Phi) is 10.8. The lowest BCUT2D eigenvalue weighted by Crippen LogP contribution is -2.26. The van der Waals surface area contributed by atoms with Crippen molar-refractivity contribution in [2.75, 3.05) is 48.9 Å². The van der Waals surface area contributed by atoms with E-state index in [1.54, 1.807) is 0 Å². The van der Waals surface area contributed by atoms with Crippen molar-refractivity contribution in [1.29, 1.82) is 0 Å². The van der Waals surface area contributed by atoms with Crippen molar-refractivity contribution in [3.05, 3.63) is 82.9 Å². The van der Waals surface area contributed by atoms with Crippen molar-refractivity contribution < 1.29 is 4.74 Å². The van der Waals surface area contributed by atoms with Gasteiger partial charge in [0.05, 0.1) is 23.4 Å². The lowest BCUT2D eigenvalue weighted by molar-refractivity contribution is 0.336. The largest absolute Gasteiger partial charge is 0.493 e. The van der Waals surface area contributed by atoms with Crippen LogP contribution in [0.25, 0.3) is 0 Å². The van der Waals surface area contributed by atoms with Crippen LogP contribution in [-0.4, -0.2) is 33.8 Å². The quantitative estimate of drug-likeness (QED) is 0.237. The number of hydrogen-bond acceptors (Lipinski definition) is 4. The van der Waals surface area contributed by atoms with Crippen molar-refractivity contribution >= 4 is 28.7 Å². The number of halogens is 1. The van der Waals surface area contributed by atoms with E-state index in [4.69, 9.17) is 16.3 Å². The SMILES string of the molecule is CCCCN(CCCC)c1ccc(C(Nc2ccccc2Cl)c2ccc(N(C)C)cc2)c(OCC)c1. The standard InChI is InChI=1S/C31H42ClN3O/c1-6-9-21-35(22-10-7-2)26-19-20-27(30(23-26)36-8-3)31(33-29-14-12-11-13-28(29)32)24-15-17-25(18-16-24)34(4)5/h11-20,23,31,33H,6-10,21-22H2,1-5H3. The second-order valence-electron chi connectivity index (χ2n) is 9.39. The lowest BCUT2D eigenvalue weighted by atomic mass is 9.96. The van der Waals surface area contributed by atoms with E-state index in [1.807, 2.05) is 31.2 Å². The Bertz CT molecular complexity index is 1060. The van der Waals surface area contributed by atoms with Crippen LogP contribution < -0.4 is 19.9 Å². The number of nitrogens with zero attached hydrogens (tertiary/aromatic N) is 2. The third kappa shape index (κ3) is 7.33. The fourth-order valence-electron chi connectivity index (χ4n) is 4.35. The van der Waals surface area contributed by atoms with E-state index in [0.29, 0.717) is 11.6 Å². The van der Waals surface area contributed by atoms with E-state index in [1.165, 1.54) is 31.4 Å². The van der Waals surface area contributed by atoms with Crippen molar-refractivity contribution in [1.82, 2.24) is 0 Å². The zero-order chi connectivity index (χ0) is 25.9. The highest BCUT2D eigenvalue weighted by Gasteiger charge is 2.21. The molecule has 0 aliphatic rings. The van der Waals surface area contributed by atoms with Crippen LogP contribution in [0, 0.1) is 0 Å². The molecule has 36 heavy (non-hydrogen) atoms. The van der Waals surface area contributed by atoms with Crippen molar-refractivity contribution in [2.24, 2.45) is 0 Å². The summed E-state index contributed by atoms with van der Waals surface area (Å²) in [4.78, 5) is 4.61. The zero-order valence-corrected chi connectivity index (χ0v) is 23.3. The minimum Gasteiger partial charge on any atom is -0.493 e. The molecule has 0 saturated heterocycles. The maximum atomic E-state index is 6.57. The molecule has 0 bridgehead atoms. The van der Waals surface area contributed by atoms with E-state index in [2.05, 4.69) is 85.5 Å². The molecule has 0 heterocycles. The van der Waals surface area contributed by atoms with Gasteiger partial charge in [-0.05, 0) is 55.7 Å². The number of unbranched alkanes of at least 4 members (excludes halogenated alkanes) is 2. The Balaban J connectivity index is 2.06. The van der Waals surface area contributed by atoms with Crippen LogP contribution in [0.1, 0.15) is 63.6 Å². The highest BCUT2D eigenvalue weighted by Crippen LogP contribution is 2.38. The number of ether oxygens (including phenoxy) is 1. The minimum atomic E-state index is -0.114. The Labute approximate surface area is 223 Å². The van der Waals surface area contributed by atoms with Crippen LogP contribution in [0.3, 0.4) is 0 Å². The second kappa shape index (κ2) is 14.0. The van der Waals surface area contributed by atoms with Crippen molar-refractivity contribution in [2.45, 2.75) is 52.5 Å². The smallest absolute Gasteiger partial charge is 0.126 e. The molecular weight excluding hydrogens is 466 g/mol. The van der Waals surface area contributed by atoms with Crippen LogP contribution in [-0.2, 0) is 0 Å². The van der Waals surface area contributed by atoms with Gasteiger partial charge in [-0.25, -0.2) is 0 Å². The van der Waals surface area contributed by atoms with Gasteiger partial charge in [-0.2, -0.15) is 0 Å². The first-order chi connectivity index (χ1) is 17.5. The first-order valence-corrected chi connectivity index (χ1v) is 13.7. The Hall–Kier alpha value is -2.85. The first kappa shape index (κ1) is 27.7. The van der Waals surface area contributed by atoms with E-state index in [0.717, 1.165) is 41.3 Å². The molecule has 3 aromatic rings. The fraction of sp³-hybridized carbons (Fsp3) is 0.419. The van der Waals surface area contributed by atoms with Gasteiger partial charge >= 0.3 is 0 Å². The summed E-state index contributed by atoms with van der Waals surface area (Å²) in [6.45, 7) is 9.28. The molecule has 0 saturated carbocycles. The average molecular weight is 508 g/mol. The summed E-state index contributed by atoms with van der Waals surface area (Å²) in [5.74, 6) is 0.911. The normalized spacial score (nSPS) is 11.7.